The maximum Gasteiger partial charge on any atom is 0.253 e. The van der Waals surface area contributed by atoms with Crippen molar-refractivity contribution >= 4 is 77.3 Å². The number of halogens is 2. The summed E-state index contributed by atoms with van der Waals surface area (Å²) in [4.78, 5) is 71.7. The molecule has 3 aliphatic heterocycles. The van der Waals surface area contributed by atoms with Gasteiger partial charge in [-0.2, -0.15) is 0 Å². The Kier molecular flexibility index (Phi) is 24.4. The topological polar surface area (TPSA) is 248 Å². The summed E-state index contributed by atoms with van der Waals surface area (Å²) in [6.07, 6.45) is 13.3. The van der Waals surface area contributed by atoms with Crippen molar-refractivity contribution in [3.63, 3.8) is 0 Å². The zero-order chi connectivity index (χ0) is 86.6. The van der Waals surface area contributed by atoms with Gasteiger partial charge in [0.2, 0.25) is 24.9 Å². The molecule has 5 aliphatic rings. The van der Waals surface area contributed by atoms with Gasteiger partial charge in [0.05, 0.1) is 81.0 Å². The molecule has 0 unspecified atom stereocenters. The molecular formula is C96H93F2N17O7S2. The van der Waals surface area contributed by atoms with Crippen LogP contribution in [0.15, 0.2) is 231 Å². The zero-order valence-electron chi connectivity index (χ0n) is 69.5. The molecule has 5 aromatic carbocycles. The number of benzene rings is 5. The number of carbonyl (C=O) groups excluding carboxylic acids is 3. The smallest absolute Gasteiger partial charge is 0.253 e. The molecule has 2 aliphatic carbocycles. The number of aryl methyl sites for hydroxylation is 3. The van der Waals surface area contributed by atoms with E-state index in [0.717, 1.165) is 136 Å². The molecule has 5 fully saturated rings. The van der Waals surface area contributed by atoms with Crippen molar-refractivity contribution in [2.45, 2.75) is 86.5 Å². The van der Waals surface area contributed by atoms with Gasteiger partial charge in [-0.05, 0) is 177 Å². The number of fused-ring (bicyclic) bond motifs is 5. The van der Waals surface area contributed by atoms with Crippen LogP contribution in [0.5, 0.6) is 0 Å². The Labute approximate surface area is 718 Å². The van der Waals surface area contributed by atoms with E-state index in [2.05, 4.69) is 126 Å². The summed E-state index contributed by atoms with van der Waals surface area (Å²) in [6.45, 7) is 29.8. The van der Waals surface area contributed by atoms with Crippen molar-refractivity contribution in [1.29, 1.82) is 0 Å². The predicted octanol–water partition coefficient (Wildman–Crippen LogP) is 16.7. The second-order valence-corrected chi connectivity index (χ2v) is 37.6. The number of imidazole rings is 5. The van der Waals surface area contributed by atoms with Gasteiger partial charge in [0.1, 0.15) is 39.9 Å². The van der Waals surface area contributed by atoms with E-state index in [0.29, 0.717) is 84.5 Å². The Balaban J connectivity index is 0.000000115. The zero-order valence-corrected chi connectivity index (χ0v) is 71.1. The molecule has 2 N–H and O–H groups in total. The molecular weight excluding hydrogens is 1610 g/mol. The standard InChI is InChI=1S/C23H24N4O2.C19H15FN4O.C19H20FN3O2S.C19H21N3O2S.C16H13N3/c1-23(2)13-26(14-23)22(29)17-10-6-15(7-11-17)18-4-3-5-20-24-19(12-27(18)20)25-21(28)16-8-9-16;1-21-10-12-5-8-14(15(20)9-12)16-3-2-4-18-22-17(11-24(16)18)23-19(25)13-6-7-13;1-14-12-23-18(3-2-4-19(23)21-14)16-6-5-15(11-17(16)20)13-22-7-9-26(24,25)10-8-22;1-15-13-22-18(3-2-4-19(22)20-15)17-7-5-16(6-8-17)14-21-9-11-25(23,24)12-10-21;1-12-11-19-15(4-3-5-16(19)18-12)14-8-6-13(7-9-14)10-17-2/h3-7,10-12,16H,8-9,13-14H2,1-2H3,(H,25,28);2-5,8-9,11,13H,6-7,10H2,(H,23,25);2-6,11-12H,7-10,13H2,1H3;2-8,13H,9-12,14H2,1H3;3-9,11H,10H2,1H3. The summed E-state index contributed by atoms with van der Waals surface area (Å²) < 4.78 is 85.2. The number of hydrogen-bond acceptors (Lipinski definition) is 14. The van der Waals surface area contributed by atoms with Crippen LogP contribution >= 0.6 is 0 Å². The van der Waals surface area contributed by atoms with Gasteiger partial charge < -0.3 is 25.2 Å². The number of likely N-dealkylation sites (tertiary alicyclic amines) is 1. The van der Waals surface area contributed by atoms with Gasteiger partial charge in [-0.3, -0.25) is 46.2 Å². The third-order valence-electron chi connectivity index (χ3n) is 22.5. The van der Waals surface area contributed by atoms with Crippen LogP contribution in [0.4, 0.5) is 20.4 Å². The Bertz CT molecular complexity index is 6840. The number of hydrogen-bond donors (Lipinski definition) is 2. The second-order valence-electron chi connectivity index (χ2n) is 33.0. The van der Waals surface area contributed by atoms with Crippen LogP contribution in [0.1, 0.15) is 89.2 Å². The summed E-state index contributed by atoms with van der Waals surface area (Å²) in [5, 5.41) is 5.72. The fourth-order valence-electron chi connectivity index (χ4n) is 15.7. The molecule has 10 aromatic heterocycles. The van der Waals surface area contributed by atoms with E-state index in [1.165, 1.54) is 11.6 Å². The normalized spacial score (nSPS) is 15.8. The van der Waals surface area contributed by atoms with E-state index >= 15 is 0 Å². The number of anilines is 2. The summed E-state index contributed by atoms with van der Waals surface area (Å²) in [5.74, 6) is 1.62. The number of rotatable bonds is 16. The van der Waals surface area contributed by atoms with Crippen molar-refractivity contribution in [3.05, 3.63) is 311 Å². The van der Waals surface area contributed by atoms with Gasteiger partial charge in [-0.25, -0.2) is 63.7 Å². The number of aromatic nitrogens is 10. The van der Waals surface area contributed by atoms with Crippen molar-refractivity contribution in [2.75, 3.05) is 72.9 Å². The highest BCUT2D eigenvalue weighted by Crippen LogP contribution is 2.36. The number of pyridine rings is 5. The quantitative estimate of drug-likeness (QED) is 0.0854. The van der Waals surface area contributed by atoms with Gasteiger partial charge in [0.25, 0.3) is 5.91 Å². The first-order valence-electron chi connectivity index (χ1n) is 41.3. The van der Waals surface area contributed by atoms with E-state index in [4.69, 9.17) is 13.1 Å². The Hall–Kier alpha value is -13.4. The molecule has 28 heteroatoms. The van der Waals surface area contributed by atoms with E-state index in [-0.39, 0.29) is 76.2 Å². The third-order valence-corrected chi connectivity index (χ3v) is 25.7. The lowest BCUT2D eigenvalue weighted by Gasteiger charge is -2.45. The van der Waals surface area contributed by atoms with E-state index in [1.54, 1.807) is 47.0 Å². The number of sulfone groups is 2. The number of nitrogens with one attached hydrogen (secondary N) is 2. The minimum Gasteiger partial charge on any atom is -0.337 e. The summed E-state index contributed by atoms with van der Waals surface area (Å²) in [5.41, 5.74) is 20.5. The van der Waals surface area contributed by atoms with Gasteiger partial charge >= 0.3 is 0 Å². The average molecular weight is 1700 g/mol. The molecule has 0 spiro atoms. The lowest BCUT2D eigenvalue weighted by Crippen LogP contribution is -2.55. The van der Waals surface area contributed by atoms with Gasteiger partial charge in [0, 0.05) is 111 Å². The molecule has 20 rings (SSSR count). The molecule has 0 bridgehead atoms. The SMILES string of the molecule is CC1(C)CN(C(=O)c2ccc(-c3cccc4nc(NC(=O)C5CC5)cn34)cc2)C1.Cc1cn2c(-c3ccc(CN4CCS(=O)(=O)CC4)cc3)cccc2n1.Cc1cn2c(-c3ccc(CN4CCS(=O)(=O)CC4)cc3F)cccc2n1.[C-]#[N+]Cc1ccc(-c2cccc3nc(C)cn23)cc1.[C-]#[N+]Cc1ccc(-c2cccc3nc(NC(=O)C4CC4)cn23)c(F)c1. The first kappa shape index (κ1) is 84.2. The lowest BCUT2D eigenvalue weighted by molar-refractivity contribution is -0.118. The Morgan fingerprint density at radius 2 is 0.750 bits per heavy atom. The molecule has 0 atom stereocenters. The fraction of sp³-hybridized carbons (Fsp3) is 0.271. The van der Waals surface area contributed by atoms with Crippen LogP contribution in [0.25, 0.3) is 94.2 Å². The summed E-state index contributed by atoms with van der Waals surface area (Å²) in [6, 6.07) is 63.6. The van der Waals surface area contributed by atoms with Crippen LogP contribution in [0.3, 0.4) is 0 Å². The maximum atomic E-state index is 14.8. The summed E-state index contributed by atoms with van der Waals surface area (Å²) >= 11 is 0. The number of carbonyl (C=O) groups is 3. The van der Waals surface area contributed by atoms with Crippen LogP contribution in [-0.4, -0.2) is 158 Å². The van der Waals surface area contributed by atoms with Gasteiger partial charge in [-0.1, -0.05) is 117 Å². The molecule has 3 amide bonds. The Morgan fingerprint density at radius 1 is 0.419 bits per heavy atom. The molecule has 2 saturated carbocycles. The highest BCUT2D eigenvalue weighted by atomic mass is 32.2. The molecule has 0 radical (unpaired) electrons. The minimum absolute atomic E-state index is 0.0142. The molecule has 15 aromatic rings. The second kappa shape index (κ2) is 36.0. The molecule has 124 heavy (non-hydrogen) atoms. The van der Waals surface area contributed by atoms with Gasteiger partial charge in [0.15, 0.2) is 31.3 Å². The predicted molar refractivity (Wildman–Crippen MR) is 478 cm³/mol. The van der Waals surface area contributed by atoms with Crippen molar-refractivity contribution in [3.8, 4) is 56.3 Å². The van der Waals surface area contributed by atoms with Crippen molar-refractivity contribution < 1.29 is 40.0 Å². The maximum absolute atomic E-state index is 14.8. The minimum atomic E-state index is -2.90. The van der Waals surface area contributed by atoms with E-state index < -0.39 is 19.7 Å². The molecule has 3 saturated heterocycles. The average Bonchev–Trinajstić information content (AvgIpc) is 1.47. The summed E-state index contributed by atoms with van der Waals surface area (Å²) in [7, 11) is -5.72. The fourth-order valence-corrected chi connectivity index (χ4v) is 18.3. The molecule has 13 heterocycles. The monoisotopic (exact) mass is 1700 g/mol. The molecule has 24 nitrogen and oxygen atoms in total. The molecule has 630 valence electrons. The first-order chi connectivity index (χ1) is 59.7. The van der Waals surface area contributed by atoms with Crippen LogP contribution in [0.2, 0.25) is 0 Å². The van der Waals surface area contributed by atoms with Gasteiger partial charge in [-0.15, -0.1) is 0 Å². The highest BCUT2D eigenvalue weighted by Gasteiger charge is 2.38. The van der Waals surface area contributed by atoms with Crippen LogP contribution < -0.4 is 10.6 Å². The first-order valence-corrected chi connectivity index (χ1v) is 45.0. The van der Waals surface area contributed by atoms with E-state index in [9.17, 15) is 40.0 Å². The van der Waals surface area contributed by atoms with Crippen LogP contribution in [0, 0.1) is 62.8 Å². The highest BCUT2D eigenvalue weighted by molar-refractivity contribution is 7.91. The lowest BCUT2D eigenvalue weighted by atomic mass is 9.84. The van der Waals surface area contributed by atoms with Crippen molar-refractivity contribution in [2.24, 2.45) is 17.3 Å². The van der Waals surface area contributed by atoms with E-state index in [1.807, 2.05) is 168 Å². The van der Waals surface area contributed by atoms with Crippen LogP contribution in [-0.2, 0) is 55.4 Å². The van der Waals surface area contributed by atoms with Crippen molar-refractivity contribution in [1.82, 2.24) is 61.6 Å². The number of amides is 3. The third kappa shape index (κ3) is 20.0. The number of nitrogens with zero attached hydrogens (tertiary/aromatic N) is 15. The Morgan fingerprint density at radius 3 is 1.15 bits per heavy atom. The largest absolute Gasteiger partial charge is 0.337 e.